The van der Waals surface area contributed by atoms with Crippen LogP contribution < -0.4 is 10.0 Å². The maximum absolute atomic E-state index is 12.2. The Bertz CT molecular complexity index is 534. The molecule has 0 aromatic heterocycles. The summed E-state index contributed by atoms with van der Waals surface area (Å²) in [7, 11) is -3.36. The lowest BCUT2D eigenvalue weighted by molar-refractivity contribution is 0.270. The van der Waals surface area contributed by atoms with Crippen LogP contribution in [-0.4, -0.2) is 27.5 Å². The number of rotatable bonds is 8. The highest BCUT2D eigenvalue weighted by molar-refractivity contribution is 7.89. The van der Waals surface area contributed by atoms with Crippen LogP contribution >= 0.6 is 0 Å². The van der Waals surface area contributed by atoms with Crippen molar-refractivity contribution in [1.82, 2.24) is 10.0 Å². The van der Waals surface area contributed by atoms with Crippen molar-refractivity contribution in [2.45, 2.75) is 50.5 Å². The molecule has 1 aliphatic rings. The molecule has 1 aliphatic carbocycles. The average Bonchev–Trinajstić information content (AvgIpc) is 2.42. The molecule has 1 saturated carbocycles. The minimum Gasteiger partial charge on any atom is -0.316 e. The molecule has 0 saturated heterocycles. The average molecular weight is 310 g/mol. The second kappa shape index (κ2) is 7.38. The molecule has 0 aliphatic heterocycles. The van der Waals surface area contributed by atoms with E-state index in [0.29, 0.717) is 10.8 Å². The van der Waals surface area contributed by atoms with Gasteiger partial charge >= 0.3 is 0 Å². The highest BCUT2D eigenvalue weighted by Gasteiger charge is 2.29. The Morgan fingerprint density at radius 1 is 1.14 bits per heavy atom. The summed E-state index contributed by atoms with van der Waals surface area (Å²) in [6, 6.07) is 7.35. The third-order valence-corrected chi connectivity index (χ3v) is 5.48. The first-order chi connectivity index (χ1) is 10.0. The quantitative estimate of drug-likeness (QED) is 0.724. The summed E-state index contributed by atoms with van der Waals surface area (Å²) in [5.74, 6) is 0.635. The van der Waals surface area contributed by atoms with Crippen LogP contribution in [-0.2, 0) is 16.4 Å². The van der Waals surface area contributed by atoms with Gasteiger partial charge in [-0.3, -0.25) is 0 Å². The Balaban J connectivity index is 1.88. The second-order valence-corrected chi connectivity index (χ2v) is 7.75. The Morgan fingerprint density at radius 3 is 2.38 bits per heavy atom. The summed E-state index contributed by atoms with van der Waals surface area (Å²) in [5, 5.41) is 3.34. The van der Waals surface area contributed by atoms with Crippen LogP contribution in [0, 0.1) is 5.92 Å². The molecule has 118 valence electrons. The van der Waals surface area contributed by atoms with Crippen molar-refractivity contribution >= 4 is 10.0 Å². The molecule has 1 aromatic carbocycles. The van der Waals surface area contributed by atoms with Gasteiger partial charge in [0.25, 0.3) is 0 Å². The summed E-state index contributed by atoms with van der Waals surface area (Å²) in [5.41, 5.74) is 1.16. The maximum Gasteiger partial charge on any atom is 0.240 e. The molecule has 0 heterocycles. The summed E-state index contributed by atoms with van der Waals surface area (Å²) >= 11 is 0. The summed E-state index contributed by atoms with van der Waals surface area (Å²) < 4.78 is 27.2. The molecule has 5 heteroatoms. The van der Waals surface area contributed by atoms with Gasteiger partial charge < -0.3 is 5.32 Å². The lowest BCUT2D eigenvalue weighted by Crippen LogP contribution is -2.43. The fraction of sp³-hybridized carbons (Fsp3) is 0.625. The molecule has 4 nitrogen and oxygen atoms in total. The first kappa shape index (κ1) is 16.5. The van der Waals surface area contributed by atoms with Crippen LogP contribution in [0.3, 0.4) is 0 Å². The van der Waals surface area contributed by atoms with E-state index in [0.717, 1.165) is 44.3 Å². The normalized spacial score (nSPS) is 22.0. The Labute approximate surface area is 128 Å². The van der Waals surface area contributed by atoms with Gasteiger partial charge in [-0.25, -0.2) is 13.1 Å². The number of hydrogen-bond acceptors (Lipinski definition) is 3. The van der Waals surface area contributed by atoms with Gasteiger partial charge in [0, 0.05) is 6.04 Å². The van der Waals surface area contributed by atoms with Crippen LogP contribution in [0.2, 0.25) is 0 Å². The summed E-state index contributed by atoms with van der Waals surface area (Å²) in [6.07, 6.45) is 3.94. The highest BCUT2D eigenvalue weighted by atomic mass is 32.2. The number of hydrogen-bond donors (Lipinski definition) is 2. The van der Waals surface area contributed by atoms with Gasteiger partial charge in [0.05, 0.1) is 4.90 Å². The smallest absolute Gasteiger partial charge is 0.240 e. The number of nitrogens with one attached hydrogen (secondary N) is 2. The minimum absolute atomic E-state index is 0.114. The molecule has 21 heavy (non-hydrogen) atoms. The van der Waals surface area contributed by atoms with Gasteiger partial charge in [-0.05, 0) is 62.4 Å². The van der Waals surface area contributed by atoms with Crippen LogP contribution in [0.4, 0.5) is 0 Å². The maximum atomic E-state index is 12.2. The topological polar surface area (TPSA) is 58.2 Å². The lowest BCUT2D eigenvalue weighted by Gasteiger charge is -2.32. The van der Waals surface area contributed by atoms with E-state index in [9.17, 15) is 8.42 Å². The van der Waals surface area contributed by atoms with E-state index < -0.39 is 10.0 Å². The molecule has 0 spiro atoms. The molecule has 0 unspecified atom stereocenters. The van der Waals surface area contributed by atoms with Crippen molar-refractivity contribution in [1.29, 1.82) is 0 Å². The minimum atomic E-state index is -3.36. The first-order valence-corrected chi connectivity index (χ1v) is 9.31. The van der Waals surface area contributed by atoms with E-state index in [4.69, 9.17) is 0 Å². The molecule has 1 fully saturated rings. The first-order valence-electron chi connectivity index (χ1n) is 7.83. The predicted molar refractivity (Wildman–Crippen MR) is 85.8 cm³/mol. The zero-order chi connectivity index (χ0) is 15.3. The number of sulfonamides is 1. The van der Waals surface area contributed by atoms with Crippen molar-refractivity contribution in [3.63, 3.8) is 0 Å². The van der Waals surface area contributed by atoms with Crippen LogP contribution in [0.1, 0.15) is 38.7 Å². The van der Waals surface area contributed by atoms with E-state index >= 15 is 0 Å². The zero-order valence-electron chi connectivity index (χ0n) is 12.9. The van der Waals surface area contributed by atoms with Gasteiger partial charge in [0.1, 0.15) is 0 Å². The van der Waals surface area contributed by atoms with Crippen molar-refractivity contribution in [3.8, 4) is 0 Å². The number of benzene rings is 1. The third-order valence-electron chi connectivity index (χ3n) is 3.95. The standard InChI is InChI=1S/C16H26N2O2S/c1-3-9-17-10-8-14-4-6-16(7-5-14)21(19,20)18-15-11-13(2)12-15/h4-7,13,15,17-18H,3,8-12H2,1-2H3. The van der Waals surface area contributed by atoms with E-state index in [1.54, 1.807) is 12.1 Å². The fourth-order valence-electron chi connectivity index (χ4n) is 2.66. The SMILES string of the molecule is CCCNCCc1ccc(S(=O)(=O)NC2CC(C)C2)cc1. The molecular formula is C16H26N2O2S. The molecule has 1 aromatic rings. The lowest BCUT2D eigenvalue weighted by atomic mass is 9.83. The summed E-state index contributed by atoms with van der Waals surface area (Å²) in [6.45, 7) is 6.24. The molecule has 0 amide bonds. The van der Waals surface area contributed by atoms with Crippen LogP contribution in [0.5, 0.6) is 0 Å². The zero-order valence-corrected chi connectivity index (χ0v) is 13.7. The van der Waals surface area contributed by atoms with Crippen LogP contribution in [0.15, 0.2) is 29.2 Å². The van der Waals surface area contributed by atoms with Crippen LogP contribution in [0.25, 0.3) is 0 Å². The van der Waals surface area contributed by atoms with Gasteiger partial charge in [-0.2, -0.15) is 0 Å². The van der Waals surface area contributed by atoms with Crippen molar-refractivity contribution in [3.05, 3.63) is 29.8 Å². The van der Waals surface area contributed by atoms with Gasteiger partial charge in [0.2, 0.25) is 10.0 Å². The second-order valence-electron chi connectivity index (χ2n) is 6.04. The Hall–Kier alpha value is -0.910. The van der Waals surface area contributed by atoms with Crippen molar-refractivity contribution < 1.29 is 8.42 Å². The third kappa shape index (κ3) is 4.80. The van der Waals surface area contributed by atoms with E-state index in [2.05, 4.69) is 23.9 Å². The largest absolute Gasteiger partial charge is 0.316 e. The Kier molecular flexibility index (Phi) is 5.79. The van der Waals surface area contributed by atoms with E-state index in [1.165, 1.54) is 0 Å². The fourth-order valence-corrected chi connectivity index (χ4v) is 3.92. The molecular weight excluding hydrogens is 284 g/mol. The Morgan fingerprint density at radius 2 is 1.81 bits per heavy atom. The van der Waals surface area contributed by atoms with Gasteiger partial charge in [0.15, 0.2) is 0 Å². The van der Waals surface area contributed by atoms with E-state index in [-0.39, 0.29) is 6.04 Å². The van der Waals surface area contributed by atoms with Crippen molar-refractivity contribution in [2.75, 3.05) is 13.1 Å². The summed E-state index contributed by atoms with van der Waals surface area (Å²) in [4.78, 5) is 0.368. The van der Waals surface area contributed by atoms with E-state index in [1.807, 2.05) is 12.1 Å². The van der Waals surface area contributed by atoms with Gasteiger partial charge in [-0.1, -0.05) is 26.0 Å². The van der Waals surface area contributed by atoms with Gasteiger partial charge in [-0.15, -0.1) is 0 Å². The highest BCUT2D eigenvalue weighted by Crippen LogP contribution is 2.27. The predicted octanol–water partition coefficient (Wildman–Crippen LogP) is 2.31. The molecule has 2 N–H and O–H groups in total. The molecule has 0 bridgehead atoms. The monoisotopic (exact) mass is 310 g/mol. The molecule has 0 radical (unpaired) electrons. The molecule has 2 rings (SSSR count). The van der Waals surface area contributed by atoms with Crippen molar-refractivity contribution in [2.24, 2.45) is 5.92 Å². The molecule has 0 atom stereocenters.